The van der Waals surface area contributed by atoms with Crippen LogP contribution in [0, 0.1) is 0 Å². The summed E-state index contributed by atoms with van der Waals surface area (Å²) in [5, 5.41) is 18.9. The number of carboxylic acid groups (broad SMARTS) is 1. The number of esters is 1. The number of phenols is 1. The SMILES string of the molecule is COc1cc(O)c2c(=O)c(OC)c(-c3ccc(OC(=O)[C@@H](N)CCC(=O)O)c(OC)c3)oc2c1. The highest BCUT2D eigenvalue weighted by molar-refractivity contribution is 5.88. The van der Waals surface area contributed by atoms with Gasteiger partial charge in [-0.3, -0.25) is 9.59 Å². The van der Waals surface area contributed by atoms with E-state index in [0.29, 0.717) is 5.56 Å². The topological polar surface area (TPSA) is 168 Å². The molecule has 1 aromatic heterocycles. The van der Waals surface area contributed by atoms with Gasteiger partial charge in [0.25, 0.3) is 0 Å². The van der Waals surface area contributed by atoms with Crippen LogP contribution in [0.15, 0.2) is 39.5 Å². The molecule has 1 heterocycles. The number of benzene rings is 2. The van der Waals surface area contributed by atoms with E-state index < -0.39 is 23.4 Å². The summed E-state index contributed by atoms with van der Waals surface area (Å²) >= 11 is 0. The van der Waals surface area contributed by atoms with Gasteiger partial charge in [-0.05, 0) is 24.6 Å². The zero-order valence-corrected chi connectivity index (χ0v) is 18.6. The minimum Gasteiger partial charge on any atom is -0.507 e. The van der Waals surface area contributed by atoms with Gasteiger partial charge in [-0.1, -0.05) is 0 Å². The molecule has 0 spiro atoms. The van der Waals surface area contributed by atoms with Gasteiger partial charge in [0.05, 0.1) is 21.3 Å². The molecular weight excluding hydrogens is 450 g/mol. The van der Waals surface area contributed by atoms with Gasteiger partial charge in [0.2, 0.25) is 11.2 Å². The van der Waals surface area contributed by atoms with Crippen LogP contribution in [0.3, 0.4) is 0 Å². The van der Waals surface area contributed by atoms with Gasteiger partial charge in [0.1, 0.15) is 28.5 Å². The summed E-state index contributed by atoms with van der Waals surface area (Å²) in [6, 6.07) is 5.96. The smallest absolute Gasteiger partial charge is 0.328 e. The minimum absolute atomic E-state index is 0.0310. The molecule has 0 unspecified atom stereocenters. The number of nitrogens with two attached hydrogens (primary N) is 1. The third kappa shape index (κ3) is 4.89. The summed E-state index contributed by atoms with van der Waals surface area (Å²) in [7, 11) is 4.03. The maximum atomic E-state index is 13.0. The van der Waals surface area contributed by atoms with E-state index in [2.05, 4.69) is 0 Å². The Morgan fingerprint density at radius 1 is 1.06 bits per heavy atom. The number of aliphatic carboxylic acids is 1. The van der Waals surface area contributed by atoms with E-state index in [9.17, 15) is 19.5 Å². The highest BCUT2D eigenvalue weighted by atomic mass is 16.6. The molecule has 0 aliphatic rings. The number of ether oxygens (including phenoxy) is 4. The second kappa shape index (κ2) is 10.1. The van der Waals surface area contributed by atoms with E-state index in [1.807, 2.05) is 0 Å². The van der Waals surface area contributed by atoms with Crippen LogP contribution in [-0.4, -0.2) is 49.5 Å². The molecule has 0 aliphatic heterocycles. The van der Waals surface area contributed by atoms with Crippen LogP contribution in [0.5, 0.6) is 28.7 Å². The minimum atomic E-state index is -1.14. The second-order valence-corrected chi connectivity index (χ2v) is 7.14. The number of aromatic hydroxyl groups is 1. The highest BCUT2D eigenvalue weighted by Crippen LogP contribution is 2.39. The predicted molar refractivity (Wildman–Crippen MR) is 120 cm³/mol. The monoisotopic (exact) mass is 473 g/mol. The average molecular weight is 473 g/mol. The van der Waals surface area contributed by atoms with Crippen molar-refractivity contribution in [2.75, 3.05) is 21.3 Å². The van der Waals surface area contributed by atoms with Crippen molar-refractivity contribution in [3.8, 4) is 40.1 Å². The molecule has 4 N–H and O–H groups in total. The summed E-state index contributed by atoms with van der Waals surface area (Å²) in [5.74, 6) is -1.92. The number of fused-ring (bicyclic) bond motifs is 1. The largest absolute Gasteiger partial charge is 0.507 e. The Labute approximate surface area is 193 Å². The maximum Gasteiger partial charge on any atom is 0.328 e. The maximum absolute atomic E-state index is 13.0. The van der Waals surface area contributed by atoms with Crippen molar-refractivity contribution >= 4 is 22.9 Å². The fraction of sp³-hybridized carbons (Fsp3) is 0.261. The van der Waals surface area contributed by atoms with Crippen LogP contribution in [0.4, 0.5) is 0 Å². The van der Waals surface area contributed by atoms with E-state index in [-0.39, 0.29) is 58.3 Å². The molecule has 0 aliphatic carbocycles. The van der Waals surface area contributed by atoms with E-state index in [0.717, 1.165) is 0 Å². The molecule has 2 aromatic carbocycles. The van der Waals surface area contributed by atoms with Gasteiger partial charge < -0.3 is 39.3 Å². The summed E-state index contributed by atoms with van der Waals surface area (Å²) in [4.78, 5) is 35.9. The quantitative estimate of drug-likeness (QED) is 0.308. The number of carbonyl (C=O) groups excluding carboxylic acids is 1. The standard InChI is InChI=1S/C23H23NO10/c1-30-12-9-14(25)19-17(10-12)33-21(22(32-3)20(19)28)11-4-6-15(16(8-11)31-2)34-23(29)13(24)5-7-18(26)27/h4,6,8-10,13,25H,5,7,24H2,1-3H3,(H,26,27)/t13-/m0/s1. The van der Waals surface area contributed by atoms with Gasteiger partial charge in [0, 0.05) is 24.1 Å². The first kappa shape index (κ1) is 24.4. The number of carboxylic acids is 1. The number of methoxy groups -OCH3 is 3. The molecule has 34 heavy (non-hydrogen) atoms. The first-order chi connectivity index (χ1) is 16.2. The van der Waals surface area contributed by atoms with Crippen LogP contribution in [0.2, 0.25) is 0 Å². The molecule has 0 radical (unpaired) electrons. The molecule has 0 saturated heterocycles. The van der Waals surface area contributed by atoms with Gasteiger partial charge in [-0.2, -0.15) is 0 Å². The molecule has 3 rings (SSSR count). The lowest BCUT2D eigenvalue weighted by atomic mass is 10.1. The van der Waals surface area contributed by atoms with Crippen molar-refractivity contribution in [2.45, 2.75) is 18.9 Å². The highest BCUT2D eigenvalue weighted by Gasteiger charge is 2.23. The van der Waals surface area contributed by atoms with Crippen molar-refractivity contribution in [3.05, 3.63) is 40.6 Å². The summed E-state index contributed by atoms with van der Waals surface area (Å²) in [6.45, 7) is 0. The number of hydrogen-bond acceptors (Lipinski definition) is 10. The van der Waals surface area contributed by atoms with E-state index in [1.54, 1.807) is 0 Å². The number of hydrogen-bond donors (Lipinski definition) is 3. The molecule has 180 valence electrons. The third-order valence-electron chi connectivity index (χ3n) is 4.95. The summed E-state index contributed by atoms with van der Waals surface area (Å²) in [6.07, 6.45) is -0.377. The molecule has 0 fully saturated rings. The van der Waals surface area contributed by atoms with Crippen LogP contribution >= 0.6 is 0 Å². The van der Waals surface area contributed by atoms with Gasteiger partial charge in [0.15, 0.2) is 17.3 Å². The van der Waals surface area contributed by atoms with Crippen LogP contribution < -0.4 is 30.1 Å². The molecular formula is C23H23NO10. The molecule has 11 heteroatoms. The fourth-order valence-corrected chi connectivity index (χ4v) is 3.23. The lowest BCUT2D eigenvalue weighted by Crippen LogP contribution is -2.34. The van der Waals surface area contributed by atoms with E-state index in [4.69, 9.17) is 34.2 Å². The Kier molecular flexibility index (Phi) is 7.27. The van der Waals surface area contributed by atoms with Crippen LogP contribution in [0.25, 0.3) is 22.3 Å². The van der Waals surface area contributed by atoms with Crippen molar-refractivity contribution in [1.82, 2.24) is 0 Å². The first-order valence-electron chi connectivity index (χ1n) is 9.99. The molecule has 0 bridgehead atoms. The normalized spacial score (nSPS) is 11.6. The van der Waals surface area contributed by atoms with E-state index >= 15 is 0 Å². The fourth-order valence-electron chi connectivity index (χ4n) is 3.23. The number of carbonyl (C=O) groups is 2. The zero-order chi connectivity index (χ0) is 25.0. The number of rotatable bonds is 9. The number of phenolic OH excluding ortho intramolecular Hbond substituents is 1. The molecule has 11 nitrogen and oxygen atoms in total. The van der Waals surface area contributed by atoms with Crippen LogP contribution in [0.1, 0.15) is 12.8 Å². The lowest BCUT2D eigenvalue weighted by Gasteiger charge is -2.15. The molecule has 3 aromatic rings. The van der Waals surface area contributed by atoms with Gasteiger partial charge >= 0.3 is 11.9 Å². The van der Waals surface area contributed by atoms with Gasteiger partial charge in [-0.25, -0.2) is 4.79 Å². The van der Waals surface area contributed by atoms with Crippen molar-refractivity contribution in [3.63, 3.8) is 0 Å². The molecule has 1 atom stereocenters. The van der Waals surface area contributed by atoms with Crippen molar-refractivity contribution in [1.29, 1.82) is 0 Å². The third-order valence-corrected chi connectivity index (χ3v) is 4.95. The summed E-state index contributed by atoms with van der Waals surface area (Å²) in [5.41, 5.74) is 5.51. The Morgan fingerprint density at radius 3 is 2.41 bits per heavy atom. The zero-order valence-electron chi connectivity index (χ0n) is 18.6. The lowest BCUT2D eigenvalue weighted by molar-refractivity contribution is -0.138. The Bertz CT molecular complexity index is 1300. The van der Waals surface area contributed by atoms with Crippen molar-refractivity contribution in [2.24, 2.45) is 5.73 Å². The predicted octanol–water partition coefficient (Wildman–Crippen LogP) is 2.29. The van der Waals surface area contributed by atoms with Crippen molar-refractivity contribution < 1.29 is 43.2 Å². The Morgan fingerprint density at radius 2 is 1.79 bits per heavy atom. The molecule has 0 saturated carbocycles. The Balaban J connectivity index is 2.03. The van der Waals surface area contributed by atoms with Crippen LogP contribution in [-0.2, 0) is 9.59 Å². The van der Waals surface area contributed by atoms with Gasteiger partial charge in [-0.15, -0.1) is 0 Å². The Hall–Kier alpha value is -4.25. The summed E-state index contributed by atoms with van der Waals surface area (Å²) < 4.78 is 26.8. The van der Waals surface area contributed by atoms with E-state index in [1.165, 1.54) is 51.7 Å². The molecule has 0 amide bonds. The first-order valence-corrected chi connectivity index (χ1v) is 9.99. The second-order valence-electron chi connectivity index (χ2n) is 7.14. The average Bonchev–Trinajstić information content (AvgIpc) is 2.81.